The van der Waals surface area contributed by atoms with Crippen LogP contribution < -0.4 is 5.32 Å². The lowest BCUT2D eigenvalue weighted by atomic mass is 10.0. The van der Waals surface area contributed by atoms with Crippen molar-refractivity contribution in [2.24, 2.45) is 0 Å². The Hall–Kier alpha value is -2.69. The number of nitrogens with one attached hydrogen (secondary N) is 1. The van der Waals surface area contributed by atoms with Crippen LogP contribution in [0.15, 0.2) is 48.5 Å². The van der Waals surface area contributed by atoms with Crippen molar-refractivity contribution in [3.63, 3.8) is 0 Å². The SMILES string of the molecule is C[C@@H](CC(=O)c1ccc(F)cc1)NC(=O)Cc1ccc(O)cc1. The van der Waals surface area contributed by atoms with E-state index < -0.39 is 5.82 Å². The fraction of sp³-hybridized carbons (Fsp3) is 0.222. The van der Waals surface area contributed by atoms with Gasteiger partial charge in [0.05, 0.1) is 6.42 Å². The number of carbonyl (C=O) groups is 2. The largest absolute Gasteiger partial charge is 0.508 e. The van der Waals surface area contributed by atoms with Crippen molar-refractivity contribution in [1.29, 1.82) is 0 Å². The first-order valence-corrected chi connectivity index (χ1v) is 7.30. The number of aromatic hydroxyl groups is 1. The number of carbonyl (C=O) groups excluding carboxylic acids is 2. The van der Waals surface area contributed by atoms with Gasteiger partial charge in [-0.3, -0.25) is 9.59 Å². The van der Waals surface area contributed by atoms with Gasteiger partial charge in [0.2, 0.25) is 5.91 Å². The Labute approximate surface area is 134 Å². The summed E-state index contributed by atoms with van der Waals surface area (Å²) in [7, 11) is 0. The van der Waals surface area contributed by atoms with Crippen LogP contribution in [0, 0.1) is 5.82 Å². The quantitative estimate of drug-likeness (QED) is 0.806. The third kappa shape index (κ3) is 5.21. The predicted molar refractivity (Wildman–Crippen MR) is 84.8 cm³/mol. The number of halogens is 1. The average molecular weight is 315 g/mol. The third-order valence-electron chi connectivity index (χ3n) is 3.37. The maximum Gasteiger partial charge on any atom is 0.224 e. The van der Waals surface area contributed by atoms with E-state index in [1.165, 1.54) is 36.4 Å². The Bertz CT molecular complexity index is 680. The predicted octanol–water partition coefficient (Wildman–Crippen LogP) is 2.85. The first kappa shape index (κ1) is 16.7. The van der Waals surface area contributed by atoms with Gasteiger partial charge >= 0.3 is 0 Å². The van der Waals surface area contributed by atoms with Gasteiger partial charge in [0.25, 0.3) is 0 Å². The fourth-order valence-electron chi connectivity index (χ4n) is 2.21. The molecule has 5 heteroatoms. The van der Waals surface area contributed by atoms with Crippen LogP contribution in [0.4, 0.5) is 4.39 Å². The van der Waals surface area contributed by atoms with Crippen LogP contribution in [-0.2, 0) is 11.2 Å². The van der Waals surface area contributed by atoms with Crippen LogP contribution in [0.5, 0.6) is 5.75 Å². The van der Waals surface area contributed by atoms with E-state index >= 15 is 0 Å². The number of hydrogen-bond donors (Lipinski definition) is 2. The number of ketones is 1. The van der Waals surface area contributed by atoms with Crippen molar-refractivity contribution in [1.82, 2.24) is 5.32 Å². The summed E-state index contributed by atoms with van der Waals surface area (Å²) in [4.78, 5) is 24.0. The molecule has 1 atom stereocenters. The Balaban J connectivity index is 1.84. The van der Waals surface area contributed by atoms with Crippen LogP contribution >= 0.6 is 0 Å². The molecule has 1 amide bonds. The summed E-state index contributed by atoms with van der Waals surface area (Å²) in [6, 6.07) is 11.4. The highest BCUT2D eigenvalue weighted by atomic mass is 19.1. The molecule has 0 aromatic heterocycles. The lowest BCUT2D eigenvalue weighted by molar-refractivity contribution is -0.121. The number of phenols is 1. The monoisotopic (exact) mass is 315 g/mol. The van der Waals surface area contributed by atoms with Gasteiger partial charge in [-0.25, -0.2) is 4.39 Å². The second kappa shape index (κ2) is 7.54. The van der Waals surface area contributed by atoms with Crippen LogP contribution in [-0.4, -0.2) is 22.8 Å². The molecule has 0 aliphatic rings. The van der Waals surface area contributed by atoms with E-state index in [0.29, 0.717) is 5.56 Å². The molecule has 2 N–H and O–H groups in total. The van der Waals surface area contributed by atoms with E-state index in [1.54, 1.807) is 19.1 Å². The summed E-state index contributed by atoms with van der Waals surface area (Å²) in [5.41, 5.74) is 1.20. The van der Waals surface area contributed by atoms with Crippen LogP contribution in [0.2, 0.25) is 0 Å². The Kier molecular flexibility index (Phi) is 5.46. The van der Waals surface area contributed by atoms with Crippen molar-refractivity contribution in [2.75, 3.05) is 0 Å². The Morgan fingerprint density at radius 2 is 1.70 bits per heavy atom. The maximum atomic E-state index is 12.8. The molecule has 23 heavy (non-hydrogen) atoms. The molecule has 0 unspecified atom stereocenters. The summed E-state index contributed by atoms with van der Waals surface area (Å²) < 4.78 is 12.8. The van der Waals surface area contributed by atoms with Crippen LogP contribution in [0.25, 0.3) is 0 Å². The standard InChI is InChI=1S/C18H18FNO3/c1-12(10-17(22)14-4-6-15(19)7-5-14)20-18(23)11-13-2-8-16(21)9-3-13/h2-9,12,21H,10-11H2,1H3,(H,20,23)/t12-/m0/s1. The number of phenolic OH excluding ortho intramolecular Hbond substituents is 1. The first-order chi connectivity index (χ1) is 10.9. The molecule has 0 saturated carbocycles. The second-order valence-corrected chi connectivity index (χ2v) is 5.45. The highest BCUT2D eigenvalue weighted by Gasteiger charge is 2.14. The molecular weight excluding hydrogens is 297 g/mol. The van der Waals surface area contributed by atoms with Crippen molar-refractivity contribution < 1.29 is 19.1 Å². The molecule has 2 aromatic rings. The molecule has 120 valence electrons. The van der Waals surface area contributed by atoms with E-state index in [4.69, 9.17) is 0 Å². The number of benzene rings is 2. The lowest BCUT2D eigenvalue weighted by Crippen LogP contribution is -2.35. The van der Waals surface area contributed by atoms with Crippen molar-refractivity contribution in [3.05, 3.63) is 65.5 Å². The summed E-state index contributed by atoms with van der Waals surface area (Å²) >= 11 is 0. The third-order valence-corrected chi connectivity index (χ3v) is 3.37. The van der Waals surface area contributed by atoms with Gasteiger partial charge < -0.3 is 10.4 Å². The molecular formula is C18H18FNO3. The zero-order valence-corrected chi connectivity index (χ0v) is 12.8. The smallest absolute Gasteiger partial charge is 0.224 e. The second-order valence-electron chi connectivity index (χ2n) is 5.45. The molecule has 2 rings (SSSR count). The van der Waals surface area contributed by atoms with E-state index in [9.17, 15) is 19.1 Å². The topological polar surface area (TPSA) is 66.4 Å². The molecule has 0 saturated heterocycles. The van der Waals surface area contributed by atoms with Gasteiger partial charge in [0.1, 0.15) is 11.6 Å². The normalized spacial score (nSPS) is 11.7. The number of rotatable bonds is 6. The molecule has 0 bridgehead atoms. The molecule has 0 aliphatic carbocycles. The van der Waals surface area contributed by atoms with Gasteiger partial charge in [-0.15, -0.1) is 0 Å². The highest BCUT2D eigenvalue weighted by molar-refractivity contribution is 5.96. The summed E-state index contributed by atoms with van der Waals surface area (Å²) in [5, 5.41) is 12.0. The minimum absolute atomic E-state index is 0.146. The minimum Gasteiger partial charge on any atom is -0.508 e. The van der Waals surface area contributed by atoms with Crippen molar-refractivity contribution in [3.8, 4) is 5.75 Å². The number of hydrogen-bond acceptors (Lipinski definition) is 3. The molecule has 0 heterocycles. The van der Waals surface area contributed by atoms with Crippen LogP contribution in [0.1, 0.15) is 29.3 Å². The molecule has 2 aromatic carbocycles. The summed E-state index contributed by atoms with van der Waals surface area (Å²) in [6.45, 7) is 1.75. The zero-order chi connectivity index (χ0) is 16.8. The number of Topliss-reactive ketones (excluding diaryl/α,β-unsaturated/α-hetero) is 1. The maximum absolute atomic E-state index is 12.8. The molecule has 4 nitrogen and oxygen atoms in total. The van der Waals surface area contributed by atoms with Crippen molar-refractivity contribution in [2.45, 2.75) is 25.8 Å². The van der Waals surface area contributed by atoms with E-state index in [2.05, 4.69) is 5.32 Å². The van der Waals surface area contributed by atoms with Gasteiger partial charge in [0, 0.05) is 18.0 Å². The highest BCUT2D eigenvalue weighted by Crippen LogP contribution is 2.11. The van der Waals surface area contributed by atoms with E-state index in [0.717, 1.165) is 5.56 Å². The fourth-order valence-corrected chi connectivity index (χ4v) is 2.21. The van der Waals surface area contributed by atoms with Crippen molar-refractivity contribution >= 4 is 11.7 Å². The van der Waals surface area contributed by atoms with Crippen LogP contribution in [0.3, 0.4) is 0 Å². The Morgan fingerprint density at radius 3 is 2.30 bits per heavy atom. The molecule has 0 aliphatic heterocycles. The zero-order valence-electron chi connectivity index (χ0n) is 12.8. The van der Waals surface area contributed by atoms with Gasteiger partial charge in [0.15, 0.2) is 5.78 Å². The van der Waals surface area contributed by atoms with E-state index in [-0.39, 0.29) is 36.3 Å². The Morgan fingerprint density at radius 1 is 1.09 bits per heavy atom. The minimum atomic E-state index is -0.392. The van der Waals surface area contributed by atoms with Gasteiger partial charge in [-0.1, -0.05) is 12.1 Å². The molecule has 0 fully saturated rings. The molecule has 0 radical (unpaired) electrons. The summed E-state index contributed by atoms with van der Waals surface area (Å²) in [5.74, 6) is -0.596. The first-order valence-electron chi connectivity index (χ1n) is 7.30. The van der Waals surface area contributed by atoms with E-state index in [1.807, 2.05) is 0 Å². The van der Waals surface area contributed by atoms with Gasteiger partial charge in [-0.2, -0.15) is 0 Å². The van der Waals surface area contributed by atoms with Gasteiger partial charge in [-0.05, 0) is 48.9 Å². The number of amides is 1. The summed E-state index contributed by atoms with van der Waals surface area (Å²) in [6.07, 6.45) is 0.322. The average Bonchev–Trinajstić information content (AvgIpc) is 2.50. The molecule has 0 spiro atoms. The lowest BCUT2D eigenvalue weighted by Gasteiger charge is -2.13.